The van der Waals surface area contributed by atoms with E-state index in [1.165, 1.54) is 29.2 Å². The minimum atomic E-state index is -4.35. The second kappa shape index (κ2) is 9.78. The number of amides is 1. The summed E-state index contributed by atoms with van der Waals surface area (Å²) in [6, 6.07) is 9.17. The molecule has 1 atom stereocenters. The molecule has 4 rings (SSSR count). The van der Waals surface area contributed by atoms with Crippen molar-refractivity contribution in [3.63, 3.8) is 0 Å². The Morgan fingerprint density at radius 1 is 1.22 bits per heavy atom. The molecule has 0 bridgehead atoms. The second-order valence-electron chi connectivity index (χ2n) is 9.49. The molecule has 0 aromatic heterocycles. The molecule has 0 radical (unpaired) electrons. The monoisotopic (exact) mass is 550 g/mol. The van der Waals surface area contributed by atoms with Gasteiger partial charge in [-0.25, -0.2) is 12.8 Å². The molecular formula is C24H27FN4O6S2. The molecule has 1 unspecified atom stereocenters. The Labute approximate surface area is 215 Å². The predicted molar refractivity (Wildman–Crippen MR) is 138 cm³/mol. The van der Waals surface area contributed by atoms with Gasteiger partial charge in [0.05, 0.1) is 11.9 Å². The molecule has 0 saturated carbocycles. The fourth-order valence-electron chi connectivity index (χ4n) is 4.39. The van der Waals surface area contributed by atoms with Crippen LogP contribution < -0.4 is 10.0 Å². The van der Waals surface area contributed by atoms with Crippen LogP contribution in [-0.2, 0) is 31.4 Å². The van der Waals surface area contributed by atoms with Crippen LogP contribution >= 0.6 is 0 Å². The zero-order chi connectivity index (χ0) is 27.1. The number of aliphatic hydroxyl groups is 1. The third-order valence-corrected chi connectivity index (χ3v) is 7.83. The molecule has 0 fully saturated rings. The zero-order valence-corrected chi connectivity index (χ0v) is 22.0. The SMILES string of the molecule is CC(C)CC1CC(O)=C(C2=NS(=O)(=O)c3cc(NS(C)(=O)=O)ccc3N2)C(=O)N1Cc1ccc(F)cc1. The standard InChI is InChI=1S/C24H27FN4O6S2/c1-14(2)10-18-12-20(30)22(24(31)29(18)13-15-4-6-16(25)7-5-15)23-26-19-9-8-17(27-36(3,32)33)11-21(19)37(34,35)28-23/h4-9,11,14,18,27,30H,10,12-13H2,1-3H3,(H,26,28). The van der Waals surface area contributed by atoms with Gasteiger partial charge in [-0.1, -0.05) is 26.0 Å². The molecule has 2 aliphatic rings. The summed E-state index contributed by atoms with van der Waals surface area (Å²) < 4.78 is 68.4. The van der Waals surface area contributed by atoms with Crippen molar-refractivity contribution in [2.75, 3.05) is 16.3 Å². The third kappa shape index (κ3) is 5.93. The number of sulfonamides is 2. The van der Waals surface area contributed by atoms with Crippen molar-refractivity contribution in [1.82, 2.24) is 4.90 Å². The number of benzene rings is 2. The van der Waals surface area contributed by atoms with E-state index in [1.807, 2.05) is 13.8 Å². The van der Waals surface area contributed by atoms with Crippen LogP contribution in [0.3, 0.4) is 0 Å². The second-order valence-corrected chi connectivity index (χ2v) is 12.8. The van der Waals surface area contributed by atoms with Crippen molar-refractivity contribution in [3.05, 3.63) is 65.2 Å². The average molecular weight is 551 g/mol. The number of hydrogen-bond donors (Lipinski definition) is 3. The largest absolute Gasteiger partial charge is 0.511 e. The lowest BCUT2D eigenvalue weighted by Crippen LogP contribution is -2.47. The van der Waals surface area contributed by atoms with Gasteiger partial charge < -0.3 is 15.3 Å². The highest BCUT2D eigenvalue weighted by atomic mass is 32.2. The molecule has 2 heterocycles. The van der Waals surface area contributed by atoms with E-state index in [0.717, 1.165) is 12.3 Å². The van der Waals surface area contributed by atoms with Gasteiger partial charge in [0.2, 0.25) is 10.0 Å². The first-order chi connectivity index (χ1) is 17.2. The van der Waals surface area contributed by atoms with E-state index in [9.17, 15) is 31.1 Å². The highest BCUT2D eigenvalue weighted by molar-refractivity contribution is 7.92. The van der Waals surface area contributed by atoms with Gasteiger partial charge in [-0.3, -0.25) is 9.52 Å². The lowest BCUT2D eigenvalue weighted by Gasteiger charge is -2.38. The summed E-state index contributed by atoms with van der Waals surface area (Å²) in [5, 5.41) is 13.7. The van der Waals surface area contributed by atoms with Gasteiger partial charge >= 0.3 is 0 Å². The van der Waals surface area contributed by atoms with Crippen molar-refractivity contribution in [2.24, 2.45) is 10.3 Å². The van der Waals surface area contributed by atoms with Crippen LogP contribution in [0.5, 0.6) is 0 Å². The normalized spacial score (nSPS) is 19.4. The molecule has 0 aliphatic carbocycles. The van der Waals surface area contributed by atoms with Crippen LogP contribution in [-0.4, -0.2) is 50.9 Å². The highest BCUT2D eigenvalue weighted by Crippen LogP contribution is 2.35. The zero-order valence-electron chi connectivity index (χ0n) is 20.4. The van der Waals surface area contributed by atoms with Crippen molar-refractivity contribution in [3.8, 4) is 0 Å². The maximum absolute atomic E-state index is 13.7. The number of aliphatic hydroxyl groups excluding tert-OH is 1. The molecule has 1 amide bonds. The van der Waals surface area contributed by atoms with Crippen molar-refractivity contribution >= 4 is 43.2 Å². The quantitative estimate of drug-likeness (QED) is 0.479. The van der Waals surface area contributed by atoms with Crippen LogP contribution in [0.25, 0.3) is 0 Å². The molecule has 198 valence electrons. The van der Waals surface area contributed by atoms with Gasteiger partial charge in [0.25, 0.3) is 15.9 Å². The van der Waals surface area contributed by atoms with E-state index in [0.29, 0.717) is 12.0 Å². The van der Waals surface area contributed by atoms with E-state index in [2.05, 4.69) is 14.4 Å². The Morgan fingerprint density at radius 2 is 1.89 bits per heavy atom. The van der Waals surface area contributed by atoms with Crippen LogP contribution in [0, 0.1) is 11.7 Å². The Bertz CT molecular complexity index is 1520. The summed E-state index contributed by atoms with van der Waals surface area (Å²) in [6.07, 6.45) is 1.61. The number of carbonyl (C=O) groups is 1. The van der Waals surface area contributed by atoms with Crippen molar-refractivity contribution in [2.45, 2.75) is 44.2 Å². The fourth-order valence-corrected chi connectivity index (χ4v) is 6.10. The minimum absolute atomic E-state index is 0.0306. The first kappa shape index (κ1) is 26.6. The molecule has 2 aliphatic heterocycles. The predicted octanol–water partition coefficient (Wildman–Crippen LogP) is 3.37. The van der Waals surface area contributed by atoms with Gasteiger partial charge in [-0.2, -0.15) is 8.42 Å². The number of carbonyl (C=O) groups excluding carboxylic acids is 1. The van der Waals surface area contributed by atoms with E-state index in [4.69, 9.17) is 0 Å². The molecule has 0 spiro atoms. The first-order valence-electron chi connectivity index (χ1n) is 11.5. The number of halogens is 1. The van der Waals surface area contributed by atoms with E-state index < -0.39 is 31.8 Å². The number of anilines is 2. The summed E-state index contributed by atoms with van der Waals surface area (Å²) in [5.74, 6) is -1.43. The first-order valence-corrected chi connectivity index (χ1v) is 14.8. The molecule has 3 N–H and O–H groups in total. The van der Waals surface area contributed by atoms with Gasteiger partial charge in [0.15, 0.2) is 5.84 Å². The van der Waals surface area contributed by atoms with Gasteiger partial charge in [0, 0.05) is 24.7 Å². The number of amidine groups is 1. The molecule has 2 aromatic carbocycles. The van der Waals surface area contributed by atoms with Crippen molar-refractivity contribution < 1.29 is 31.1 Å². The Balaban J connectivity index is 1.71. The Morgan fingerprint density at radius 3 is 2.51 bits per heavy atom. The van der Waals surface area contributed by atoms with Crippen LogP contribution in [0.4, 0.5) is 15.8 Å². The number of rotatable bonds is 7. The fraction of sp³-hybridized carbons (Fsp3) is 0.333. The number of nitrogens with one attached hydrogen (secondary N) is 2. The Kier molecular flexibility index (Phi) is 7.04. The van der Waals surface area contributed by atoms with E-state index in [-0.39, 0.29) is 58.4 Å². The highest BCUT2D eigenvalue weighted by Gasteiger charge is 2.39. The molecule has 0 saturated heterocycles. The molecule has 37 heavy (non-hydrogen) atoms. The number of hydrogen-bond acceptors (Lipinski definition) is 7. The smallest absolute Gasteiger partial charge is 0.286 e. The van der Waals surface area contributed by atoms with Crippen LogP contribution in [0.2, 0.25) is 0 Å². The lowest BCUT2D eigenvalue weighted by atomic mass is 9.92. The van der Waals surface area contributed by atoms with Gasteiger partial charge in [-0.05, 0) is 48.2 Å². The summed E-state index contributed by atoms with van der Waals surface area (Å²) in [7, 11) is -7.99. The van der Waals surface area contributed by atoms with E-state index in [1.54, 1.807) is 12.1 Å². The summed E-state index contributed by atoms with van der Waals surface area (Å²) in [4.78, 5) is 14.9. The third-order valence-electron chi connectivity index (χ3n) is 5.91. The Hall–Kier alpha value is -3.45. The maximum Gasteiger partial charge on any atom is 0.286 e. The van der Waals surface area contributed by atoms with Gasteiger partial charge in [0.1, 0.15) is 22.0 Å². The van der Waals surface area contributed by atoms with Crippen LogP contribution in [0.1, 0.15) is 32.3 Å². The molecule has 13 heteroatoms. The van der Waals surface area contributed by atoms with Gasteiger partial charge in [-0.15, -0.1) is 4.40 Å². The van der Waals surface area contributed by atoms with E-state index >= 15 is 0 Å². The molecule has 2 aromatic rings. The minimum Gasteiger partial charge on any atom is -0.511 e. The van der Waals surface area contributed by atoms with Crippen LogP contribution in [0.15, 0.2) is 63.1 Å². The average Bonchev–Trinajstić information content (AvgIpc) is 2.76. The summed E-state index contributed by atoms with van der Waals surface area (Å²) >= 11 is 0. The van der Waals surface area contributed by atoms with Crippen molar-refractivity contribution in [1.29, 1.82) is 0 Å². The topological polar surface area (TPSA) is 145 Å². The molecular weight excluding hydrogens is 523 g/mol. The summed E-state index contributed by atoms with van der Waals surface area (Å²) in [5.41, 5.74) is 0.510. The lowest BCUT2D eigenvalue weighted by molar-refractivity contribution is -0.131. The number of fused-ring (bicyclic) bond motifs is 1. The number of nitrogens with zero attached hydrogens (tertiary/aromatic N) is 2. The summed E-state index contributed by atoms with van der Waals surface area (Å²) in [6.45, 7) is 4.10. The molecule has 10 nitrogen and oxygen atoms in total. The maximum atomic E-state index is 13.7.